The molecule has 1 aliphatic carbocycles. The Balaban J connectivity index is 1.44. The van der Waals surface area contributed by atoms with Crippen molar-refractivity contribution in [2.45, 2.75) is 24.7 Å². The number of ether oxygens (including phenoxy) is 3. The van der Waals surface area contributed by atoms with Crippen molar-refractivity contribution in [3.63, 3.8) is 0 Å². The molecule has 0 bridgehead atoms. The van der Waals surface area contributed by atoms with Crippen molar-refractivity contribution in [2.24, 2.45) is 0 Å². The van der Waals surface area contributed by atoms with Gasteiger partial charge in [0.25, 0.3) is 5.56 Å². The zero-order valence-electron chi connectivity index (χ0n) is 23.0. The highest BCUT2D eigenvalue weighted by molar-refractivity contribution is 6.01. The highest BCUT2D eigenvalue weighted by atomic mass is 16.5. The fraction of sp³-hybridized carbons (Fsp3) is 0.219. The lowest BCUT2D eigenvalue weighted by Crippen LogP contribution is -2.32. The number of carboxylic acids is 1. The number of aromatic amines is 1. The number of methoxy groups -OCH3 is 2. The zero-order chi connectivity index (χ0) is 29.4. The number of H-pyrrole nitrogens is 1. The topological polar surface area (TPSA) is 132 Å². The van der Waals surface area contributed by atoms with E-state index in [4.69, 9.17) is 19.3 Å². The molecule has 3 aromatic carbocycles. The van der Waals surface area contributed by atoms with Crippen LogP contribution in [0, 0.1) is 0 Å². The summed E-state index contributed by atoms with van der Waals surface area (Å²) < 4.78 is 17.7. The normalized spacial score (nSPS) is 17.6. The number of hydrogen-bond acceptors (Lipinski definition) is 7. The Morgan fingerprint density at radius 2 is 1.64 bits per heavy atom. The van der Waals surface area contributed by atoms with Gasteiger partial charge in [-0.2, -0.15) is 0 Å². The minimum Gasteiger partial charge on any atom is -0.493 e. The number of ketones is 1. The summed E-state index contributed by atoms with van der Waals surface area (Å²) in [5.74, 6) is 0.230. The molecule has 1 aromatic heterocycles. The molecule has 2 atom stereocenters. The second-order valence-electron chi connectivity index (χ2n) is 10.2. The van der Waals surface area contributed by atoms with Gasteiger partial charge in [-0.1, -0.05) is 36.4 Å². The number of para-hydroxylation sites is 1. The predicted octanol–water partition coefficient (Wildman–Crippen LogP) is 4.60. The Morgan fingerprint density at radius 1 is 0.929 bits per heavy atom. The summed E-state index contributed by atoms with van der Waals surface area (Å²) in [6.45, 7) is -0.470. The molecule has 0 radical (unpaired) electrons. The van der Waals surface area contributed by atoms with Crippen molar-refractivity contribution in [2.75, 3.05) is 26.1 Å². The lowest BCUT2D eigenvalue weighted by atomic mass is 9.73. The van der Waals surface area contributed by atoms with Crippen LogP contribution < -0.4 is 25.1 Å². The van der Waals surface area contributed by atoms with E-state index in [-0.39, 0.29) is 23.7 Å². The van der Waals surface area contributed by atoms with Gasteiger partial charge in [0.2, 0.25) is 0 Å². The highest BCUT2D eigenvalue weighted by Crippen LogP contribution is 2.47. The number of hydrogen-bond donors (Lipinski definition) is 3. The molecule has 214 valence electrons. The van der Waals surface area contributed by atoms with Gasteiger partial charge in [0.15, 0.2) is 23.9 Å². The van der Waals surface area contributed by atoms with Crippen LogP contribution in [0.3, 0.4) is 0 Å². The van der Waals surface area contributed by atoms with Gasteiger partial charge < -0.3 is 24.6 Å². The number of aromatic nitrogens is 2. The first-order valence-corrected chi connectivity index (χ1v) is 13.5. The number of rotatable bonds is 8. The van der Waals surface area contributed by atoms with Gasteiger partial charge in [0.05, 0.1) is 25.5 Å². The van der Waals surface area contributed by atoms with Crippen LogP contribution in [0.4, 0.5) is 5.82 Å². The number of carbonyl (C=O) groups is 2. The fourth-order valence-corrected chi connectivity index (χ4v) is 5.83. The number of allylic oxidation sites excluding steroid dienone is 2. The van der Waals surface area contributed by atoms with Crippen molar-refractivity contribution >= 4 is 17.6 Å². The van der Waals surface area contributed by atoms with Crippen LogP contribution in [0.5, 0.6) is 17.2 Å². The van der Waals surface area contributed by atoms with Crippen molar-refractivity contribution in [1.29, 1.82) is 0 Å². The van der Waals surface area contributed by atoms with Crippen LogP contribution in [0.1, 0.15) is 41.4 Å². The second-order valence-corrected chi connectivity index (χ2v) is 10.2. The van der Waals surface area contributed by atoms with Crippen molar-refractivity contribution in [3.8, 4) is 22.9 Å². The van der Waals surface area contributed by atoms with E-state index in [9.17, 15) is 14.4 Å². The van der Waals surface area contributed by atoms with Gasteiger partial charge in [0, 0.05) is 23.6 Å². The van der Waals surface area contributed by atoms with E-state index in [1.165, 1.54) is 4.68 Å². The van der Waals surface area contributed by atoms with Crippen LogP contribution >= 0.6 is 0 Å². The Labute approximate surface area is 241 Å². The molecular weight excluding hydrogens is 538 g/mol. The number of aliphatic carboxylic acids is 1. The molecule has 1 aliphatic heterocycles. The maximum Gasteiger partial charge on any atom is 0.341 e. The van der Waals surface area contributed by atoms with Crippen LogP contribution in [0.2, 0.25) is 0 Å². The van der Waals surface area contributed by atoms with E-state index in [0.717, 1.165) is 16.8 Å². The van der Waals surface area contributed by atoms with Gasteiger partial charge in [0.1, 0.15) is 11.6 Å². The molecule has 2 aliphatic rings. The third kappa shape index (κ3) is 4.81. The first-order chi connectivity index (χ1) is 20.4. The van der Waals surface area contributed by atoms with Gasteiger partial charge in [-0.3, -0.25) is 14.7 Å². The van der Waals surface area contributed by atoms with Crippen molar-refractivity contribution in [1.82, 2.24) is 9.78 Å². The van der Waals surface area contributed by atoms with Crippen molar-refractivity contribution in [3.05, 3.63) is 111 Å². The van der Waals surface area contributed by atoms with Crippen LogP contribution in [-0.4, -0.2) is 47.5 Å². The molecule has 0 saturated carbocycles. The average Bonchev–Trinajstić information content (AvgIpc) is 3.34. The van der Waals surface area contributed by atoms with Gasteiger partial charge in [-0.25, -0.2) is 9.48 Å². The van der Waals surface area contributed by atoms with Gasteiger partial charge in [-0.15, -0.1) is 0 Å². The molecule has 4 aromatic rings. The molecular formula is C32H29N3O7. The molecule has 0 spiro atoms. The SMILES string of the molecule is COc1ccc([C@@H]2CC(=O)C3=C(C2)Nc2[nH]n(-c4ccccc4)c(=O)c2[C@H]3c2ccc(OCC(=O)O)cc2)cc1OC. The quantitative estimate of drug-likeness (QED) is 0.281. The predicted molar refractivity (Wildman–Crippen MR) is 155 cm³/mol. The van der Waals surface area contributed by atoms with Gasteiger partial charge in [-0.05, 0) is 59.9 Å². The Kier molecular flexibility index (Phi) is 7.03. The molecule has 10 heteroatoms. The molecule has 10 nitrogen and oxygen atoms in total. The monoisotopic (exact) mass is 567 g/mol. The summed E-state index contributed by atoms with van der Waals surface area (Å²) in [6, 6.07) is 21.8. The number of nitrogens with one attached hydrogen (secondary N) is 2. The Bertz CT molecular complexity index is 1750. The molecule has 0 amide bonds. The van der Waals surface area contributed by atoms with Crippen LogP contribution in [-0.2, 0) is 9.59 Å². The summed E-state index contributed by atoms with van der Waals surface area (Å²) in [5.41, 5.74) is 3.82. The summed E-state index contributed by atoms with van der Waals surface area (Å²) in [5, 5.41) is 15.6. The number of anilines is 1. The lowest BCUT2D eigenvalue weighted by Gasteiger charge is -2.34. The van der Waals surface area contributed by atoms with E-state index in [0.29, 0.717) is 46.3 Å². The highest BCUT2D eigenvalue weighted by Gasteiger charge is 2.41. The largest absolute Gasteiger partial charge is 0.493 e. The molecule has 0 fully saturated rings. The zero-order valence-corrected chi connectivity index (χ0v) is 23.0. The number of carbonyl (C=O) groups excluding carboxylic acids is 1. The van der Waals surface area contributed by atoms with Crippen molar-refractivity contribution < 1.29 is 28.9 Å². The number of nitrogens with zero attached hydrogens (tertiary/aromatic N) is 1. The number of fused-ring (bicyclic) bond motifs is 1. The molecule has 3 N–H and O–H groups in total. The smallest absolute Gasteiger partial charge is 0.341 e. The number of carboxylic acid groups (broad SMARTS) is 1. The molecule has 0 unspecified atom stereocenters. The molecule has 0 saturated heterocycles. The minimum absolute atomic E-state index is 0.0581. The summed E-state index contributed by atoms with van der Waals surface area (Å²) in [4.78, 5) is 38.8. The van der Waals surface area contributed by atoms with E-state index < -0.39 is 18.5 Å². The van der Waals surface area contributed by atoms with E-state index >= 15 is 0 Å². The van der Waals surface area contributed by atoms with Crippen LogP contribution in [0.15, 0.2) is 88.9 Å². The molecule has 6 rings (SSSR count). The molecule has 2 heterocycles. The lowest BCUT2D eigenvalue weighted by molar-refractivity contribution is -0.139. The standard InChI is InChI=1S/C32H29N3O7/c1-40-25-13-10-19(16-26(25)41-2)20-14-23-29(24(36)15-20)28(18-8-11-22(12-9-18)42-17-27(37)38)30-31(33-23)34-35(32(30)39)21-6-4-3-5-7-21/h3-13,16,20,28,33-34H,14-15,17H2,1-2H3,(H,37,38)/t20-,28-/m0/s1. The summed E-state index contributed by atoms with van der Waals surface area (Å²) in [6.07, 6.45) is 0.809. The minimum atomic E-state index is -1.08. The average molecular weight is 568 g/mol. The first-order valence-electron chi connectivity index (χ1n) is 13.5. The second kappa shape index (κ2) is 11.0. The Morgan fingerprint density at radius 3 is 2.33 bits per heavy atom. The Hall–Kier alpha value is -5.25. The fourth-order valence-electron chi connectivity index (χ4n) is 5.83. The van der Waals surface area contributed by atoms with E-state index in [2.05, 4.69) is 10.4 Å². The molecule has 42 heavy (non-hydrogen) atoms. The van der Waals surface area contributed by atoms with Gasteiger partial charge >= 0.3 is 5.97 Å². The third-order valence-electron chi connectivity index (χ3n) is 7.76. The number of benzene rings is 3. The maximum absolute atomic E-state index is 14.0. The summed E-state index contributed by atoms with van der Waals surface area (Å²) in [7, 11) is 3.16. The van der Waals surface area contributed by atoms with E-state index in [1.807, 2.05) is 48.5 Å². The number of Topliss-reactive ketones (excluding diaryl/α,β-unsaturated/α-hetero) is 1. The summed E-state index contributed by atoms with van der Waals surface area (Å²) >= 11 is 0. The first kappa shape index (κ1) is 26.9. The third-order valence-corrected chi connectivity index (χ3v) is 7.76. The van der Waals surface area contributed by atoms with Crippen LogP contribution in [0.25, 0.3) is 5.69 Å². The maximum atomic E-state index is 14.0. The van der Waals surface area contributed by atoms with E-state index in [1.54, 1.807) is 38.5 Å².